The molecule has 116 valence electrons. The molecule has 1 aliphatic heterocycles. The zero-order chi connectivity index (χ0) is 15.5. The quantitative estimate of drug-likeness (QED) is 0.900. The van der Waals surface area contributed by atoms with E-state index in [4.69, 9.17) is 5.73 Å². The highest BCUT2D eigenvalue weighted by Gasteiger charge is 2.33. The van der Waals surface area contributed by atoms with Crippen molar-refractivity contribution in [2.45, 2.75) is 31.6 Å². The maximum absolute atomic E-state index is 12.9. The monoisotopic (exact) mass is 301 g/mol. The summed E-state index contributed by atoms with van der Waals surface area (Å²) in [5, 5.41) is 3.13. The summed E-state index contributed by atoms with van der Waals surface area (Å²) < 4.78 is 38.6. The number of likely N-dealkylation sites (tertiary alicyclic amines) is 1. The van der Waals surface area contributed by atoms with Crippen molar-refractivity contribution < 1.29 is 18.0 Å². The molecular formula is C14H18F3N3O. The second kappa shape index (κ2) is 6.34. The number of nitrogens with zero attached hydrogens (tertiary/aromatic N) is 1. The van der Waals surface area contributed by atoms with Gasteiger partial charge in [0.1, 0.15) is 0 Å². The fourth-order valence-corrected chi connectivity index (χ4v) is 2.51. The normalized spacial score (nSPS) is 17.0. The van der Waals surface area contributed by atoms with Crippen LogP contribution in [0.4, 0.5) is 18.0 Å². The molecule has 0 bridgehead atoms. The molecule has 0 unspecified atom stereocenters. The second-order valence-electron chi connectivity index (χ2n) is 5.14. The van der Waals surface area contributed by atoms with Gasteiger partial charge in [-0.25, -0.2) is 4.79 Å². The third kappa shape index (κ3) is 4.10. The lowest BCUT2D eigenvalue weighted by Crippen LogP contribution is -2.46. The van der Waals surface area contributed by atoms with E-state index >= 15 is 0 Å². The van der Waals surface area contributed by atoms with Gasteiger partial charge >= 0.3 is 12.2 Å². The number of nitrogens with one attached hydrogen (secondary N) is 1. The highest BCUT2D eigenvalue weighted by atomic mass is 19.4. The van der Waals surface area contributed by atoms with Crippen LogP contribution in [0.15, 0.2) is 24.3 Å². The number of alkyl halides is 3. The fourth-order valence-electron chi connectivity index (χ4n) is 2.51. The number of rotatable bonds is 3. The van der Waals surface area contributed by atoms with Crippen molar-refractivity contribution in [2.24, 2.45) is 5.73 Å². The number of hydrogen-bond donors (Lipinski definition) is 2. The van der Waals surface area contributed by atoms with E-state index in [2.05, 4.69) is 5.32 Å². The van der Waals surface area contributed by atoms with Crippen LogP contribution in [0.25, 0.3) is 0 Å². The molecule has 1 saturated heterocycles. The SMILES string of the molecule is NC(=O)N1CCC(NCc2ccccc2C(F)(F)F)CC1. The Morgan fingerprint density at radius 1 is 1.29 bits per heavy atom. The number of amides is 2. The van der Waals surface area contributed by atoms with Gasteiger partial charge in [-0.2, -0.15) is 13.2 Å². The van der Waals surface area contributed by atoms with Gasteiger partial charge < -0.3 is 16.0 Å². The number of nitrogens with two attached hydrogens (primary N) is 1. The highest BCUT2D eigenvalue weighted by Crippen LogP contribution is 2.31. The average molecular weight is 301 g/mol. The summed E-state index contributed by atoms with van der Waals surface area (Å²) in [6.07, 6.45) is -2.96. The summed E-state index contributed by atoms with van der Waals surface area (Å²) in [5.74, 6) is 0. The van der Waals surface area contributed by atoms with Crippen LogP contribution in [0.5, 0.6) is 0 Å². The third-order valence-electron chi connectivity index (χ3n) is 3.71. The van der Waals surface area contributed by atoms with Crippen LogP contribution < -0.4 is 11.1 Å². The zero-order valence-corrected chi connectivity index (χ0v) is 11.5. The van der Waals surface area contributed by atoms with Gasteiger partial charge in [0.15, 0.2) is 0 Å². The van der Waals surface area contributed by atoms with Gasteiger partial charge in [0.25, 0.3) is 0 Å². The molecule has 2 amide bonds. The molecule has 2 rings (SSSR count). The van der Waals surface area contributed by atoms with E-state index in [1.54, 1.807) is 11.0 Å². The lowest BCUT2D eigenvalue weighted by molar-refractivity contribution is -0.138. The number of urea groups is 1. The Morgan fingerprint density at radius 3 is 2.48 bits per heavy atom. The molecule has 0 saturated carbocycles. The van der Waals surface area contributed by atoms with E-state index in [0.29, 0.717) is 25.9 Å². The molecule has 1 fully saturated rings. The van der Waals surface area contributed by atoms with E-state index in [9.17, 15) is 18.0 Å². The molecule has 4 nitrogen and oxygen atoms in total. The van der Waals surface area contributed by atoms with Crippen molar-refractivity contribution in [3.63, 3.8) is 0 Å². The number of benzene rings is 1. The number of piperidine rings is 1. The first-order valence-electron chi connectivity index (χ1n) is 6.81. The van der Waals surface area contributed by atoms with E-state index in [0.717, 1.165) is 6.07 Å². The number of carbonyl (C=O) groups is 1. The van der Waals surface area contributed by atoms with Crippen LogP contribution in [0.3, 0.4) is 0 Å². The Labute approximate surface area is 121 Å². The Kier molecular flexibility index (Phi) is 4.72. The van der Waals surface area contributed by atoms with Gasteiger partial charge in [-0.15, -0.1) is 0 Å². The van der Waals surface area contributed by atoms with Crippen LogP contribution in [0, 0.1) is 0 Å². The Morgan fingerprint density at radius 2 is 1.90 bits per heavy atom. The molecule has 1 aromatic carbocycles. The van der Waals surface area contributed by atoms with E-state index in [1.165, 1.54) is 12.1 Å². The van der Waals surface area contributed by atoms with Crippen LogP contribution >= 0.6 is 0 Å². The van der Waals surface area contributed by atoms with Crippen molar-refractivity contribution in [1.82, 2.24) is 10.2 Å². The van der Waals surface area contributed by atoms with Crippen LogP contribution in [0.1, 0.15) is 24.0 Å². The van der Waals surface area contributed by atoms with Crippen molar-refractivity contribution in [2.75, 3.05) is 13.1 Å². The maximum Gasteiger partial charge on any atom is 0.416 e. The van der Waals surface area contributed by atoms with Crippen molar-refractivity contribution >= 4 is 6.03 Å². The highest BCUT2D eigenvalue weighted by molar-refractivity contribution is 5.72. The molecule has 0 atom stereocenters. The summed E-state index contributed by atoms with van der Waals surface area (Å²) in [6, 6.07) is 5.21. The van der Waals surface area contributed by atoms with E-state index in [1.807, 2.05) is 0 Å². The summed E-state index contributed by atoms with van der Waals surface area (Å²) in [4.78, 5) is 12.5. The summed E-state index contributed by atoms with van der Waals surface area (Å²) in [5.41, 5.74) is 4.82. The molecule has 0 aliphatic carbocycles. The van der Waals surface area contributed by atoms with Crippen LogP contribution in [-0.4, -0.2) is 30.1 Å². The van der Waals surface area contributed by atoms with Crippen molar-refractivity contribution in [3.8, 4) is 0 Å². The number of halogens is 3. The van der Waals surface area contributed by atoms with Gasteiger partial charge in [0.05, 0.1) is 5.56 Å². The first-order valence-corrected chi connectivity index (χ1v) is 6.81. The Hall–Kier alpha value is -1.76. The van der Waals surface area contributed by atoms with E-state index < -0.39 is 17.8 Å². The minimum atomic E-state index is -4.34. The lowest BCUT2D eigenvalue weighted by Gasteiger charge is -2.31. The Balaban J connectivity index is 1.91. The van der Waals surface area contributed by atoms with Crippen molar-refractivity contribution in [3.05, 3.63) is 35.4 Å². The van der Waals surface area contributed by atoms with Gasteiger partial charge in [0, 0.05) is 25.7 Å². The van der Waals surface area contributed by atoms with Gasteiger partial charge in [-0.1, -0.05) is 18.2 Å². The number of hydrogen-bond acceptors (Lipinski definition) is 2. The number of primary amides is 1. The predicted molar refractivity (Wildman–Crippen MR) is 72.5 cm³/mol. The largest absolute Gasteiger partial charge is 0.416 e. The molecule has 1 aromatic rings. The minimum absolute atomic E-state index is 0.0990. The first-order chi connectivity index (χ1) is 9.88. The summed E-state index contributed by atoms with van der Waals surface area (Å²) >= 11 is 0. The molecular weight excluding hydrogens is 283 g/mol. The summed E-state index contributed by atoms with van der Waals surface area (Å²) in [6.45, 7) is 1.23. The smallest absolute Gasteiger partial charge is 0.351 e. The van der Waals surface area contributed by atoms with Gasteiger partial charge in [-0.05, 0) is 24.5 Å². The molecule has 0 aromatic heterocycles. The zero-order valence-electron chi connectivity index (χ0n) is 11.5. The third-order valence-corrected chi connectivity index (χ3v) is 3.71. The van der Waals surface area contributed by atoms with Crippen LogP contribution in [-0.2, 0) is 12.7 Å². The standard InChI is InChI=1S/C14H18F3N3O/c15-14(16,17)12-4-2-1-3-10(12)9-19-11-5-7-20(8-6-11)13(18)21/h1-4,11,19H,5-9H2,(H2,18,21). The molecule has 21 heavy (non-hydrogen) atoms. The van der Waals surface area contributed by atoms with Crippen molar-refractivity contribution in [1.29, 1.82) is 0 Å². The maximum atomic E-state index is 12.9. The Bertz CT molecular complexity index is 496. The predicted octanol–water partition coefficient (Wildman–Crippen LogP) is 2.34. The lowest BCUT2D eigenvalue weighted by atomic mass is 10.0. The minimum Gasteiger partial charge on any atom is -0.351 e. The number of carbonyl (C=O) groups excluding carboxylic acids is 1. The molecule has 1 aliphatic rings. The average Bonchev–Trinajstić information content (AvgIpc) is 2.45. The molecule has 0 radical (unpaired) electrons. The molecule has 7 heteroatoms. The van der Waals surface area contributed by atoms with Gasteiger partial charge in [0.2, 0.25) is 0 Å². The van der Waals surface area contributed by atoms with Gasteiger partial charge in [-0.3, -0.25) is 0 Å². The van der Waals surface area contributed by atoms with E-state index in [-0.39, 0.29) is 18.2 Å². The summed E-state index contributed by atoms with van der Waals surface area (Å²) in [7, 11) is 0. The fraction of sp³-hybridized carbons (Fsp3) is 0.500. The first kappa shape index (κ1) is 15.6. The molecule has 1 heterocycles. The second-order valence-corrected chi connectivity index (χ2v) is 5.14. The van der Waals surface area contributed by atoms with Crippen LogP contribution in [0.2, 0.25) is 0 Å². The molecule has 3 N–H and O–H groups in total. The topological polar surface area (TPSA) is 58.4 Å². The molecule has 0 spiro atoms.